The molecule has 2 rings (SSSR count). The summed E-state index contributed by atoms with van der Waals surface area (Å²) in [5.74, 6) is -0.304. The van der Waals surface area contributed by atoms with Crippen LogP contribution in [0.1, 0.15) is 22.8 Å². The minimum Gasteiger partial charge on any atom is -0.387 e. The molecule has 2 aromatic rings. The molecule has 20 heavy (non-hydrogen) atoms. The number of aliphatic hydroxyl groups excluding tert-OH is 1. The lowest BCUT2D eigenvalue weighted by atomic mass is 10.1. The molecule has 2 aromatic carbocycles. The Hall–Kier alpha value is -1.65. The van der Waals surface area contributed by atoms with Crippen LogP contribution in [0.5, 0.6) is 0 Å². The fraction of sp³-hybridized carbons (Fsp3) is 0.250. The summed E-state index contributed by atoms with van der Waals surface area (Å²) >= 11 is 0. The summed E-state index contributed by atoms with van der Waals surface area (Å²) in [6.07, 6.45) is -0.980. The molecule has 1 unspecified atom stereocenters. The summed E-state index contributed by atoms with van der Waals surface area (Å²) in [6.45, 7) is 1.96. The van der Waals surface area contributed by atoms with Crippen molar-refractivity contribution in [2.45, 2.75) is 18.8 Å². The number of aliphatic hydroxyl groups is 1. The molecule has 0 amide bonds. The third-order valence-electron chi connectivity index (χ3n) is 3.10. The maximum absolute atomic E-state index is 12.1. The molecular formula is C16H18O3S. The standard InChI is InChI=1S/C16H18O3S/c1-13-7-9-14(10-8-13)11-20(18,19)12-16(17)15-5-3-2-4-6-15/h2-10,16-17H,11-12H2,1H3. The minimum absolute atomic E-state index is 0.0445. The zero-order chi connectivity index (χ0) is 14.6. The second-order valence-electron chi connectivity index (χ2n) is 4.97. The van der Waals surface area contributed by atoms with Gasteiger partial charge in [-0.1, -0.05) is 60.2 Å². The number of hydrogen-bond acceptors (Lipinski definition) is 3. The van der Waals surface area contributed by atoms with E-state index in [1.165, 1.54) is 0 Å². The van der Waals surface area contributed by atoms with Crippen molar-refractivity contribution in [2.75, 3.05) is 5.75 Å². The highest BCUT2D eigenvalue weighted by atomic mass is 32.2. The normalized spacial score (nSPS) is 13.1. The molecule has 0 aromatic heterocycles. The summed E-state index contributed by atoms with van der Waals surface area (Å²) in [7, 11) is -3.34. The SMILES string of the molecule is Cc1ccc(CS(=O)(=O)CC(O)c2ccccc2)cc1. The van der Waals surface area contributed by atoms with Crippen LogP contribution in [0.3, 0.4) is 0 Å². The van der Waals surface area contributed by atoms with Gasteiger partial charge in [0.05, 0.1) is 17.6 Å². The van der Waals surface area contributed by atoms with E-state index in [0.717, 1.165) is 11.1 Å². The predicted octanol–water partition coefficient (Wildman–Crippen LogP) is 2.64. The van der Waals surface area contributed by atoms with Crippen LogP contribution < -0.4 is 0 Å². The highest BCUT2D eigenvalue weighted by molar-refractivity contribution is 7.90. The number of benzene rings is 2. The van der Waals surface area contributed by atoms with Crippen LogP contribution >= 0.6 is 0 Å². The second kappa shape index (κ2) is 6.20. The Morgan fingerprint density at radius 1 is 1.00 bits per heavy atom. The Balaban J connectivity index is 2.06. The third-order valence-corrected chi connectivity index (χ3v) is 4.70. The second-order valence-corrected chi connectivity index (χ2v) is 7.08. The minimum atomic E-state index is -3.34. The van der Waals surface area contributed by atoms with Crippen molar-refractivity contribution in [3.8, 4) is 0 Å². The van der Waals surface area contributed by atoms with E-state index in [1.807, 2.05) is 37.3 Å². The van der Waals surface area contributed by atoms with Crippen molar-refractivity contribution in [1.29, 1.82) is 0 Å². The molecule has 1 atom stereocenters. The summed E-state index contributed by atoms with van der Waals surface area (Å²) in [6, 6.07) is 16.2. The van der Waals surface area contributed by atoms with Gasteiger partial charge in [-0.3, -0.25) is 0 Å². The van der Waals surface area contributed by atoms with Gasteiger partial charge in [-0.15, -0.1) is 0 Å². The first kappa shape index (κ1) is 14.8. The van der Waals surface area contributed by atoms with E-state index >= 15 is 0 Å². The lowest BCUT2D eigenvalue weighted by molar-refractivity contribution is 0.201. The molecule has 0 heterocycles. The Labute approximate surface area is 119 Å². The lowest BCUT2D eigenvalue weighted by Gasteiger charge is -2.11. The number of hydrogen-bond donors (Lipinski definition) is 1. The van der Waals surface area contributed by atoms with E-state index in [4.69, 9.17) is 0 Å². The smallest absolute Gasteiger partial charge is 0.157 e. The van der Waals surface area contributed by atoms with E-state index in [2.05, 4.69) is 0 Å². The largest absolute Gasteiger partial charge is 0.387 e. The van der Waals surface area contributed by atoms with Crippen molar-refractivity contribution in [3.05, 3.63) is 71.3 Å². The summed E-state index contributed by atoms with van der Waals surface area (Å²) in [4.78, 5) is 0. The van der Waals surface area contributed by atoms with Gasteiger partial charge in [0.2, 0.25) is 0 Å². The highest BCUT2D eigenvalue weighted by Gasteiger charge is 2.19. The van der Waals surface area contributed by atoms with Crippen LogP contribution in [0.4, 0.5) is 0 Å². The van der Waals surface area contributed by atoms with E-state index in [-0.39, 0.29) is 11.5 Å². The van der Waals surface area contributed by atoms with Crippen LogP contribution in [0.2, 0.25) is 0 Å². The molecule has 0 saturated heterocycles. The van der Waals surface area contributed by atoms with Crippen molar-refractivity contribution >= 4 is 9.84 Å². The van der Waals surface area contributed by atoms with E-state index < -0.39 is 15.9 Å². The first-order valence-corrected chi connectivity index (χ1v) is 8.27. The molecule has 0 saturated carbocycles. The average Bonchev–Trinajstić information content (AvgIpc) is 2.41. The molecule has 0 bridgehead atoms. The van der Waals surface area contributed by atoms with E-state index in [1.54, 1.807) is 24.3 Å². The van der Waals surface area contributed by atoms with Crippen LogP contribution in [0.25, 0.3) is 0 Å². The van der Waals surface area contributed by atoms with E-state index in [0.29, 0.717) is 5.56 Å². The van der Waals surface area contributed by atoms with Gasteiger partial charge in [-0.25, -0.2) is 8.42 Å². The molecule has 3 nitrogen and oxygen atoms in total. The Kier molecular flexibility index (Phi) is 4.57. The quantitative estimate of drug-likeness (QED) is 0.921. The molecule has 106 valence electrons. The van der Waals surface area contributed by atoms with Gasteiger partial charge in [0.15, 0.2) is 9.84 Å². The number of rotatable bonds is 5. The molecule has 1 N–H and O–H groups in total. The third kappa shape index (κ3) is 4.18. The maximum Gasteiger partial charge on any atom is 0.157 e. The maximum atomic E-state index is 12.1. The Morgan fingerprint density at radius 2 is 1.60 bits per heavy atom. The van der Waals surface area contributed by atoms with Crippen molar-refractivity contribution in [2.24, 2.45) is 0 Å². The number of aryl methyl sites for hydroxylation is 1. The van der Waals surface area contributed by atoms with Gasteiger partial charge in [0, 0.05) is 0 Å². The molecule has 0 aliphatic rings. The summed E-state index contributed by atoms with van der Waals surface area (Å²) < 4.78 is 24.2. The van der Waals surface area contributed by atoms with Gasteiger partial charge in [-0.05, 0) is 18.1 Å². The van der Waals surface area contributed by atoms with Crippen LogP contribution in [0, 0.1) is 6.92 Å². The molecular weight excluding hydrogens is 272 g/mol. The predicted molar refractivity (Wildman–Crippen MR) is 80.1 cm³/mol. The monoisotopic (exact) mass is 290 g/mol. The highest BCUT2D eigenvalue weighted by Crippen LogP contribution is 2.17. The van der Waals surface area contributed by atoms with Gasteiger partial charge in [0.1, 0.15) is 0 Å². The van der Waals surface area contributed by atoms with Crippen LogP contribution in [0.15, 0.2) is 54.6 Å². The topological polar surface area (TPSA) is 54.4 Å². The van der Waals surface area contributed by atoms with Crippen molar-refractivity contribution in [3.63, 3.8) is 0 Å². The zero-order valence-corrected chi connectivity index (χ0v) is 12.2. The van der Waals surface area contributed by atoms with Gasteiger partial charge in [0.25, 0.3) is 0 Å². The molecule has 0 spiro atoms. The van der Waals surface area contributed by atoms with Crippen LogP contribution in [-0.4, -0.2) is 19.3 Å². The molecule has 4 heteroatoms. The number of sulfone groups is 1. The molecule has 0 aliphatic carbocycles. The van der Waals surface area contributed by atoms with Gasteiger partial charge < -0.3 is 5.11 Å². The Bertz CT molecular complexity index is 646. The molecule has 0 aliphatic heterocycles. The lowest BCUT2D eigenvalue weighted by Crippen LogP contribution is -2.16. The average molecular weight is 290 g/mol. The van der Waals surface area contributed by atoms with Crippen molar-refractivity contribution in [1.82, 2.24) is 0 Å². The molecule has 0 fully saturated rings. The summed E-state index contributed by atoms with van der Waals surface area (Å²) in [5.41, 5.74) is 2.46. The molecule has 0 radical (unpaired) electrons. The first-order chi connectivity index (χ1) is 9.46. The summed E-state index contributed by atoms with van der Waals surface area (Å²) in [5, 5.41) is 10.00. The van der Waals surface area contributed by atoms with Crippen LogP contribution in [-0.2, 0) is 15.6 Å². The first-order valence-electron chi connectivity index (χ1n) is 6.45. The van der Waals surface area contributed by atoms with Gasteiger partial charge in [-0.2, -0.15) is 0 Å². The van der Waals surface area contributed by atoms with E-state index in [9.17, 15) is 13.5 Å². The van der Waals surface area contributed by atoms with Crippen molar-refractivity contribution < 1.29 is 13.5 Å². The fourth-order valence-corrected chi connectivity index (χ4v) is 3.50. The van der Waals surface area contributed by atoms with Gasteiger partial charge >= 0.3 is 0 Å². The Morgan fingerprint density at radius 3 is 2.20 bits per heavy atom. The zero-order valence-electron chi connectivity index (χ0n) is 11.4. The fourth-order valence-electron chi connectivity index (χ4n) is 2.01.